The first-order valence-electron chi connectivity index (χ1n) is 10.4. The molecule has 0 bridgehead atoms. The second kappa shape index (κ2) is 12.1. The Balaban J connectivity index is 2.72. The molecule has 166 valence electrons. The number of carboxylic acids is 1. The van der Waals surface area contributed by atoms with Crippen LogP contribution in [0.3, 0.4) is 0 Å². The molecular weight excluding hydrogens is 384 g/mol. The summed E-state index contributed by atoms with van der Waals surface area (Å²) >= 11 is 0. The van der Waals surface area contributed by atoms with Crippen molar-refractivity contribution >= 4 is 23.6 Å². The van der Waals surface area contributed by atoms with E-state index in [9.17, 15) is 19.2 Å². The van der Waals surface area contributed by atoms with Gasteiger partial charge in [-0.05, 0) is 31.7 Å². The summed E-state index contributed by atoms with van der Waals surface area (Å²) < 4.78 is 0. The van der Waals surface area contributed by atoms with Crippen LogP contribution in [-0.4, -0.2) is 41.3 Å². The van der Waals surface area contributed by atoms with Crippen LogP contribution in [0.4, 0.5) is 0 Å². The first-order valence-corrected chi connectivity index (χ1v) is 10.4. The fourth-order valence-electron chi connectivity index (χ4n) is 2.79. The molecule has 1 aromatic rings. The predicted molar refractivity (Wildman–Crippen MR) is 115 cm³/mol. The summed E-state index contributed by atoms with van der Waals surface area (Å²) in [5.74, 6) is -2.01. The molecule has 0 heterocycles. The van der Waals surface area contributed by atoms with Crippen LogP contribution >= 0.6 is 0 Å². The lowest BCUT2D eigenvalue weighted by atomic mass is 9.88. The molecule has 1 rings (SSSR count). The smallest absolute Gasteiger partial charge is 0.316 e. The van der Waals surface area contributed by atoms with Crippen LogP contribution in [0.2, 0.25) is 0 Å². The molecule has 1 unspecified atom stereocenters. The van der Waals surface area contributed by atoms with Crippen molar-refractivity contribution in [3.8, 4) is 0 Å². The number of Topliss-reactive ketones (excluding diaryl/α,β-unsaturated/α-hetero) is 1. The lowest BCUT2D eigenvalue weighted by molar-refractivity contribution is -0.152. The van der Waals surface area contributed by atoms with E-state index in [-0.39, 0.29) is 12.3 Å². The number of aliphatic carboxylic acids is 1. The van der Waals surface area contributed by atoms with Crippen molar-refractivity contribution in [1.29, 1.82) is 0 Å². The van der Waals surface area contributed by atoms with Gasteiger partial charge in [-0.15, -0.1) is 0 Å². The molecule has 1 atom stereocenters. The molecule has 0 aliphatic heterocycles. The Morgan fingerprint density at radius 1 is 1.03 bits per heavy atom. The third-order valence-electron chi connectivity index (χ3n) is 5.02. The van der Waals surface area contributed by atoms with E-state index >= 15 is 0 Å². The van der Waals surface area contributed by atoms with Gasteiger partial charge >= 0.3 is 5.97 Å². The monoisotopic (exact) mass is 418 g/mol. The van der Waals surface area contributed by atoms with Crippen molar-refractivity contribution in [3.05, 3.63) is 35.9 Å². The number of ketones is 1. The van der Waals surface area contributed by atoms with Crippen LogP contribution in [0.1, 0.15) is 58.9 Å². The average Bonchev–Trinajstić information content (AvgIpc) is 2.69. The summed E-state index contributed by atoms with van der Waals surface area (Å²) in [6, 6.07) is 8.42. The molecule has 1 aromatic carbocycles. The number of carbonyl (C=O) groups is 4. The van der Waals surface area contributed by atoms with E-state index in [1.807, 2.05) is 30.3 Å². The average molecular weight is 419 g/mol. The van der Waals surface area contributed by atoms with E-state index in [2.05, 4.69) is 24.5 Å². The van der Waals surface area contributed by atoms with E-state index in [1.54, 1.807) is 0 Å². The molecule has 0 saturated heterocycles. The minimum Gasteiger partial charge on any atom is -0.481 e. The zero-order chi connectivity index (χ0) is 22.7. The molecule has 0 aliphatic carbocycles. The van der Waals surface area contributed by atoms with Gasteiger partial charge < -0.3 is 15.7 Å². The van der Waals surface area contributed by atoms with Crippen molar-refractivity contribution < 1.29 is 24.3 Å². The van der Waals surface area contributed by atoms with Gasteiger partial charge in [-0.2, -0.15) is 0 Å². The number of amides is 2. The van der Waals surface area contributed by atoms with Crippen molar-refractivity contribution in [1.82, 2.24) is 10.6 Å². The van der Waals surface area contributed by atoms with Crippen LogP contribution in [0.5, 0.6) is 0 Å². The van der Waals surface area contributed by atoms with E-state index in [0.29, 0.717) is 12.3 Å². The molecule has 7 nitrogen and oxygen atoms in total. The number of nitrogens with one attached hydrogen (secondary N) is 2. The molecule has 0 fully saturated rings. The fraction of sp³-hybridized carbons (Fsp3) is 0.565. The molecule has 30 heavy (non-hydrogen) atoms. The van der Waals surface area contributed by atoms with E-state index in [4.69, 9.17) is 5.11 Å². The normalized spacial score (nSPS) is 12.3. The van der Waals surface area contributed by atoms with Crippen molar-refractivity contribution in [2.75, 3.05) is 6.54 Å². The number of carboxylic acid groups (broad SMARTS) is 1. The van der Waals surface area contributed by atoms with Crippen molar-refractivity contribution in [2.24, 2.45) is 11.3 Å². The Morgan fingerprint density at radius 3 is 2.23 bits per heavy atom. The first kappa shape index (κ1) is 25.3. The third kappa shape index (κ3) is 8.76. The molecule has 0 aliphatic rings. The summed E-state index contributed by atoms with van der Waals surface area (Å²) in [5, 5.41) is 14.4. The molecule has 3 N–H and O–H groups in total. The van der Waals surface area contributed by atoms with E-state index in [1.165, 1.54) is 13.8 Å². The van der Waals surface area contributed by atoms with Gasteiger partial charge in [0.15, 0.2) is 5.78 Å². The van der Waals surface area contributed by atoms with E-state index in [0.717, 1.165) is 24.8 Å². The summed E-state index contributed by atoms with van der Waals surface area (Å²) in [6.07, 6.45) is 3.34. The van der Waals surface area contributed by atoms with Gasteiger partial charge in [0, 0.05) is 12.8 Å². The molecule has 0 radical (unpaired) electrons. The SMILES string of the molecule is CC(C)CCCCC(=O)NC(Cc1ccccc1)C(=O)NCC(=O)C(C)(C)C(=O)O. The zero-order valence-electron chi connectivity index (χ0n) is 18.4. The van der Waals surface area contributed by atoms with Crippen molar-refractivity contribution in [2.45, 2.75) is 65.8 Å². The topological polar surface area (TPSA) is 113 Å². The van der Waals surface area contributed by atoms with Gasteiger partial charge in [0.05, 0.1) is 6.54 Å². The first-order chi connectivity index (χ1) is 14.0. The lowest BCUT2D eigenvalue weighted by Gasteiger charge is -2.21. The van der Waals surface area contributed by atoms with Gasteiger partial charge in [-0.3, -0.25) is 19.2 Å². The predicted octanol–water partition coefficient (Wildman–Crippen LogP) is 2.73. The Morgan fingerprint density at radius 2 is 1.67 bits per heavy atom. The second-order valence-electron chi connectivity index (χ2n) is 8.52. The molecule has 7 heteroatoms. The second-order valence-corrected chi connectivity index (χ2v) is 8.52. The number of unbranched alkanes of at least 4 members (excludes halogenated alkanes) is 1. The van der Waals surface area contributed by atoms with Gasteiger partial charge in [0.25, 0.3) is 0 Å². The maximum Gasteiger partial charge on any atom is 0.316 e. The highest BCUT2D eigenvalue weighted by molar-refractivity contribution is 6.04. The van der Waals surface area contributed by atoms with Gasteiger partial charge in [0.1, 0.15) is 11.5 Å². The number of benzene rings is 1. The highest BCUT2D eigenvalue weighted by atomic mass is 16.4. The quantitative estimate of drug-likeness (QED) is 0.337. The number of rotatable bonds is 13. The Hall–Kier alpha value is -2.70. The Labute approximate surface area is 178 Å². The number of hydrogen-bond acceptors (Lipinski definition) is 4. The Kier molecular flexibility index (Phi) is 10.2. The number of hydrogen-bond donors (Lipinski definition) is 3. The summed E-state index contributed by atoms with van der Waals surface area (Å²) in [4.78, 5) is 48.4. The fourth-order valence-corrected chi connectivity index (χ4v) is 2.79. The molecule has 2 amide bonds. The van der Waals surface area contributed by atoms with Gasteiger partial charge in [-0.1, -0.05) is 57.0 Å². The lowest BCUT2D eigenvalue weighted by Crippen LogP contribution is -2.50. The maximum absolute atomic E-state index is 12.7. The summed E-state index contributed by atoms with van der Waals surface area (Å²) in [6.45, 7) is 6.45. The van der Waals surface area contributed by atoms with Crippen LogP contribution in [-0.2, 0) is 25.6 Å². The third-order valence-corrected chi connectivity index (χ3v) is 5.02. The van der Waals surface area contributed by atoms with E-state index < -0.39 is 35.7 Å². The number of carbonyl (C=O) groups excluding carboxylic acids is 3. The van der Waals surface area contributed by atoms with Crippen molar-refractivity contribution in [3.63, 3.8) is 0 Å². The molecule has 0 saturated carbocycles. The molecule has 0 aromatic heterocycles. The summed E-state index contributed by atoms with van der Waals surface area (Å²) in [5.41, 5.74) is -0.725. The van der Waals surface area contributed by atoms with Crippen LogP contribution in [0, 0.1) is 11.3 Å². The van der Waals surface area contributed by atoms with Crippen LogP contribution in [0.15, 0.2) is 30.3 Å². The minimum absolute atomic E-state index is 0.216. The Bertz CT molecular complexity index is 728. The van der Waals surface area contributed by atoms with Crippen LogP contribution in [0.25, 0.3) is 0 Å². The molecule has 0 spiro atoms. The standard InChI is InChI=1S/C23H34N2O5/c1-16(2)10-8-9-13-20(27)25-18(14-17-11-6-5-7-12-17)21(28)24-15-19(26)23(3,4)22(29)30/h5-7,11-12,16,18H,8-10,13-15H2,1-4H3,(H,24,28)(H,25,27)(H,29,30). The zero-order valence-corrected chi connectivity index (χ0v) is 18.4. The van der Waals surface area contributed by atoms with Gasteiger partial charge in [-0.25, -0.2) is 0 Å². The molecular formula is C23H34N2O5. The highest BCUT2D eigenvalue weighted by Crippen LogP contribution is 2.16. The van der Waals surface area contributed by atoms with Gasteiger partial charge in [0.2, 0.25) is 11.8 Å². The summed E-state index contributed by atoms with van der Waals surface area (Å²) in [7, 11) is 0. The van der Waals surface area contributed by atoms with Crippen LogP contribution < -0.4 is 10.6 Å². The maximum atomic E-state index is 12.7. The minimum atomic E-state index is -1.60. The largest absolute Gasteiger partial charge is 0.481 e. The highest BCUT2D eigenvalue weighted by Gasteiger charge is 2.36.